The lowest BCUT2D eigenvalue weighted by Crippen LogP contribution is -2.47. The second kappa shape index (κ2) is 4.99. The van der Waals surface area contributed by atoms with Crippen molar-refractivity contribution in [1.82, 2.24) is 4.90 Å². The van der Waals surface area contributed by atoms with E-state index in [-0.39, 0.29) is 10.8 Å². The predicted octanol–water partition coefficient (Wildman–Crippen LogP) is 3.85. The number of likely N-dealkylation sites (tertiary alicyclic amines) is 1. The van der Waals surface area contributed by atoms with Crippen LogP contribution in [0.5, 0.6) is 0 Å². The molecular weight excluding hydrogens is 210 g/mol. The number of carbonyl (C=O) groups is 1. The minimum atomic E-state index is 0.216. The molecule has 2 nitrogen and oxygen atoms in total. The van der Waals surface area contributed by atoms with Crippen LogP contribution in [0.15, 0.2) is 0 Å². The van der Waals surface area contributed by atoms with E-state index in [1.165, 1.54) is 0 Å². The van der Waals surface area contributed by atoms with E-state index >= 15 is 0 Å². The molecule has 0 aliphatic carbocycles. The molecule has 1 heterocycles. The highest BCUT2D eigenvalue weighted by Gasteiger charge is 2.39. The number of amides is 1. The summed E-state index contributed by atoms with van der Waals surface area (Å²) in [4.78, 5) is 14.1. The second-order valence-electron chi connectivity index (χ2n) is 7.31. The van der Waals surface area contributed by atoms with Crippen LogP contribution in [0.25, 0.3) is 0 Å². The highest BCUT2D eigenvalue weighted by atomic mass is 16.2. The van der Waals surface area contributed by atoms with Crippen LogP contribution in [0.1, 0.15) is 67.2 Å². The summed E-state index contributed by atoms with van der Waals surface area (Å²) in [5, 5.41) is 0. The largest absolute Gasteiger partial charge is 0.339 e. The first-order valence-electron chi connectivity index (χ1n) is 6.97. The van der Waals surface area contributed by atoms with E-state index in [0.717, 1.165) is 32.2 Å². The highest BCUT2D eigenvalue weighted by Crippen LogP contribution is 2.38. The minimum Gasteiger partial charge on any atom is -0.339 e. The van der Waals surface area contributed by atoms with Gasteiger partial charge >= 0.3 is 0 Å². The number of hydrogen-bond donors (Lipinski definition) is 0. The first kappa shape index (κ1) is 14.5. The van der Waals surface area contributed by atoms with Crippen molar-refractivity contribution >= 4 is 5.91 Å². The maximum absolute atomic E-state index is 12.0. The maximum atomic E-state index is 12.0. The normalized spacial score (nSPS) is 19.9. The van der Waals surface area contributed by atoms with E-state index in [9.17, 15) is 4.79 Å². The van der Waals surface area contributed by atoms with Gasteiger partial charge in [0.2, 0.25) is 5.91 Å². The van der Waals surface area contributed by atoms with Crippen molar-refractivity contribution in [2.45, 2.75) is 73.3 Å². The molecule has 0 aromatic rings. The molecule has 1 atom stereocenters. The van der Waals surface area contributed by atoms with Crippen molar-refractivity contribution in [3.8, 4) is 0 Å². The lowest BCUT2D eigenvalue weighted by Gasteiger charge is -2.43. The first-order valence-corrected chi connectivity index (χ1v) is 6.97. The Morgan fingerprint density at radius 1 is 1.24 bits per heavy atom. The van der Waals surface area contributed by atoms with Crippen LogP contribution in [0.2, 0.25) is 0 Å². The fraction of sp³-hybridized carbons (Fsp3) is 0.933. The van der Waals surface area contributed by atoms with E-state index in [0.29, 0.717) is 11.9 Å². The molecule has 2 heteroatoms. The molecule has 0 N–H and O–H groups in total. The lowest BCUT2D eigenvalue weighted by atomic mass is 9.73. The molecule has 1 unspecified atom stereocenters. The Hall–Kier alpha value is -0.530. The van der Waals surface area contributed by atoms with Gasteiger partial charge in [-0.3, -0.25) is 4.79 Å². The monoisotopic (exact) mass is 239 g/mol. The summed E-state index contributed by atoms with van der Waals surface area (Å²) in [5.41, 5.74) is 0.493. The van der Waals surface area contributed by atoms with Gasteiger partial charge in [-0.05, 0) is 30.1 Å². The smallest absolute Gasteiger partial charge is 0.222 e. The topological polar surface area (TPSA) is 20.3 Å². The standard InChI is InChI=1S/C15H29NO/c1-7-15(5,6)12(11-14(2,3)4)16-10-8-9-13(16)17/h12H,7-11H2,1-6H3. The van der Waals surface area contributed by atoms with Gasteiger partial charge in [0.15, 0.2) is 0 Å². The SMILES string of the molecule is CCC(C)(C)C(CC(C)(C)C)N1CCCC1=O. The van der Waals surface area contributed by atoms with E-state index in [2.05, 4.69) is 46.4 Å². The first-order chi connectivity index (χ1) is 7.67. The van der Waals surface area contributed by atoms with Crippen molar-refractivity contribution in [1.29, 1.82) is 0 Å². The average Bonchev–Trinajstić information content (AvgIpc) is 2.59. The van der Waals surface area contributed by atoms with Crippen molar-refractivity contribution < 1.29 is 4.79 Å². The Morgan fingerprint density at radius 2 is 1.82 bits per heavy atom. The number of nitrogens with zero attached hydrogens (tertiary/aromatic N) is 1. The van der Waals surface area contributed by atoms with Crippen LogP contribution in [0.3, 0.4) is 0 Å². The summed E-state index contributed by atoms with van der Waals surface area (Å²) in [5.74, 6) is 0.362. The van der Waals surface area contributed by atoms with Gasteiger partial charge < -0.3 is 4.90 Å². The fourth-order valence-electron chi connectivity index (χ4n) is 2.62. The summed E-state index contributed by atoms with van der Waals surface area (Å²) >= 11 is 0. The van der Waals surface area contributed by atoms with E-state index in [1.807, 2.05) is 0 Å². The predicted molar refractivity (Wildman–Crippen MR) is 72.9 cm³/mol. The molecule has 0 spiro atoms. The van der Waals surface area contributed by atoms with Crippen molar-refractivity contribution in [3.05, 3.63) is 0 Å². The van der Waals surface area contributed by atoms with Crippen LogP contribution < -0.4 is 0 Å². The van der Waals surface area contributed by atoms with Crippen LogP contribution in [0, 0.1) is 10.8 Å². The summed E-state index contributed by atoms with van der Waals surface area (Å²) in [7, 11) is 0. The van der Waals surface area contributed by atoms with E-state index < -0.39 is 0 Å². The van der Waals surface area contributed by atoms with E-state index in [4.69, 9.17) is 0 Å². The third-order valence-electron chi connectivity index (χ3n) is 4.11. The van der Waals surface area contributed by atoms with Crippen molar-refractivity contribution in [2.75, 3.05) is 6.54 Å². The van der Waals surface area contributed by atoms with Crippen LogP contribution in [-0.2, 0) is 4.79 Å². The molecule has 1 saturated heterocycles. The molecule has 0 radical (unpaired) electrons. The van der Waals surface area contributed by atoms with Crippen LogP contribution in [-0.4, -0.2) is 23.4 Å². The minimum absolute atomic E-state index is 0.216. The Morgan fingerprint density at radius 3 is 2.18 bits per heavy atom. The molecule has 0 bridgehead atoms. The van der Waals surface area contributed by atoms with Gasteiger partial charge in [0, 0.05) is 19.0 Å². The molecule has 17 heavy (non-hydrogen) atoms. The maximum Gasteiger partial charge on any atom is 0.222 e. The highest BCUT2D eigenvalue weighted by molar-refractivity contribution is 5.78. The van der Waals surface area contributed by atoms with Gasteiger partial charge in [0.05, 0.1) is 0 Å². The Balaban J connectivity index is 2.90. The van der Waals surface area contributed by atoms with Gasteiger partial charge in [0.1, 0.15) is 0 Å². The number of carbonyl (C=O) groups excluding carboxylic acids is 1. The zero-order valence-electron chi connectivity index (χ0n) is 12.5. The Bertz CT molecular complexity index is 275. The average molecular weight is 239 g/mol. The third kappa shape index (κ3) is 3.72. The summed E-state index contributed by atoms with van der Waals surface area (Å²) < 4.78 is 0. The Labute approximate surface area is 107 Å². The molecule has 1 fully saturated rings. The number of hydrogen-bond acceptors (Lipinski definition) is 1. The van der Waals surface area contributed by atoms with Gasteiger partial charge in [-0.1, -0.05) is 41.5 Å². The molecular formula is C15H29NO. The van der Waals surface area contributed by atoms with Crippen molar-refractivity contribution in [2.24, 2.45) is 10.8 Å². The molecule has 1 aliphatic heterocycles. The van der Waals surface area contributed by atoms with Gasteiger partial charge in [-0.25, -0.2) is 0 Å². The molecule has 0 aromatic heterocycles. The second-order valence-corrected chi connectivity index (χ2v) is 7.31. The molecule has 1 rings (SSSR count). The summed E-state index contributed by atoms with van der Waals surface area (Å²) in [6, 6.07) is 0.391. The fourth-order valence-corrected chi connectivity index (χ4v) is 2.62. The third-order valence-corrected chi connectivity index (χ3v) is 4.11. The summed E-state index contributed by atoms with van der Waals surface area (Å²) in [6.45, 7) is 14.6. The molecule has 1 aliphatic rings. The zero-order chi connectivity index (χ0) is 13.3. The van der Waals surface area contributed by atoms with Gasteiger partial charge in [-0.15, -0.1) is 0 Å². The zero-order valence-corrected chi connectivity index (χ0v) is 12.5. The van der Waals surface area contributed by atoms with E-state index in [1.54, 1.807) is 0 Å². The summed E-state index contributed by atoms with van der Waals surface area (Å²) in [6.07, 6.45) is 4.01. The van der Waals surface area contributed by atoms with Crippen LogP contribution >= 0.6 is 0 Å². The lowest BCUT2D eigenvalue weighted by molar-refractivity contribution is -0.132. The Kier molecular flexibility index (Phi) is 4.27. The number of rotatable bonds is 4. The van der Waals surface area contributed by atoms with Crippen molar-refractivity contribution in [3.63, 3.8) is 0 Å². The van der Waals surface area contributed by atoms with Crippen LogP contribution in [0.4, 0.5) is 0 Å². The molecule has 0 saturated carbocycles. The molecule has 100 valence electrons. The molecule has 1 amide bonds. The van der Waals surface area contributed by atoms with Gasteiger partial charge in [-0.2, -0.15) is 0 Å². The quantitative estimate of drug-likeness (QED) is 0.729. The molecule has 0 aromatic carbocycles. The van der Waals surface area contributed by atoms with Gasteiger partial charge in [0.25, 0.3) is 0 Å².